The van der Waals surface area contributed by atoms with Gasteiger partial charge in [-0.2, -0.15) is 0 Å². The lowest BCUT2D eigenvalue weighted by Gasteiger charge is -2.36. The van der Waals surface area contributed by atoms with Crippen molar-refractivity contribution >= 4 is 33.5 Å². The van der Waals surface area contributed by atoms with E-state index in [2.05, 4.69) is 40.7 Å². The number of anilines is 2. The highest BCUT2D eigenvalue weighted by Gasteiger charge is 2.28. The summed E-state index contributed by atoms with van der Waals surface area (Å²) in [7, 11) is 1.69. The predicted molar refractivity (Wildman–Crippen MR) is 134 cm³/mol. The number of benzene rings is 2. The van der Waals surface area contributed by atoms with Crippen molar-refractivity contribution in [2.24, 2.45) is 4.99 Å². The summed E-state index contributed by atoms with van der Waals surface area (Å²) in [5, 5.41) is 8.26. The van der Waals surface area contributed by atoms with Crippen molar-refractivity contribution in [2.75, 3.05) is 32.1 Å². The number of ether oxygens (including phenoxy) is 1. The second kappa shape index (κ2) is 9.53. The molecule has 5 nitrogen and oxygen atoms in total. The van der Waals surface area contributed by atoms with Crippen LogP contribution in [0.4, 0.5) is 20.8 Å². The summed E-state index contributed by atoms with van der Waals surface area (Å²) in [5.41, 5.74) is 3.93. The van der Waals surface area contributed by atoms with E-state index in [1.807, 2.05) is 12.1 Å². The Morgan fingerprint density at radius 3 is 2.82 bits per heavy atom. The Labute approximate surface area is 198 Å². The van der Waals surface area contributed by atoms with E-state index in [0.29, 0.717) is 11.7 Å². The molecule has 2 aliphatic rings. The van der Waals surface area contributed by atoms with Gasteiger partial charge in [-0.3, -0.25) is 0 Å². The predicted octanol–water partition coefficient (Wildman–Crippen LogP) is 5.50. The van der Waals surface area contributed by atoms with Crippen LogP contribution in [0, 0.1) is 5.82 Å². The van der Waals surface area contributed by atoms with Gasteiger partial charge in [-0.05, 0) is 55.2 Å². The standard InChI is InChI=1S/C26H29FN4OS/c1-3-21-15-22-25(29-24-14-18(27)7-11-23(24)30-26(22)33-21)31-13-12-28-19(16-31)8-4-17-5-9-20(32-2)10-6-17/h5-7,9-11,14-15,19,28,30H,3-4,8,12-13,16H2,1-2H3. The summed E-state index contributed by atoms with van der Waals surface area (Å²) in [6, 6.07) is 15.7. The molecule has 2 N–H and O–H groups in total. The zero-order chi connectivity index (χ0) is 22.8. The number of fused-ring (bicyclic) bond motifs is 2. The van der Waals surface area contributed by atoms with Crippen LogP contribution in [0.15, 0.2) is 53.5 Å². The summed E-state index contributed by atoms with van der Waals surface area (Å²) < 4.78 is 19.3. The van der Waals surface area contributed by atoms with Gasteiger partial charge in [0.1, 0.15) is 22.4 Å². The largest absolute Gasteiger partial charge is 0.497 e. The van der Waals surface area contributed by atoms with Crippen LogP contribution >= 0.6 is 11.3 Å². The van der Waals surface area contributed by atoms with Gasteiger partial charge in [0.15, 0.2) is 0 Å². The number of piperazine rings is 1. The van der Waals surface area contributed by atoms with Gasteiger partial charge < -0.3 is 20.3 Å². The molecule has 0 aliphatic carbocycles. The van der Waals surface area contributed by atoms with E-state index in [-0.39, 0.29) is 5.82 Å². The molecule has 1 fully saturated rings. The summed E-state index contributed by atoms with van der Waals surface area (Å²) in [4.78, 5) is 8.67. The molecule has 7 heteroatoms. The van der Waals surface area contributed by atoms with E-state index in [0.717, 1.165) is 66.7 Å². The lowest BCUT2D eigenvalue weighted by molar-refractivity contribution is 0.282. The molecule has 3 aromatic rings. The number of methoxy groups -OCH3 is 1. The molecule has 0 bridgehead atoms. The fourth-order valence-electron chi connectivity index (χ4n) is 4.46. The molecule has 3 heterocycles. The molecule has 1 saturated heterocycles. The topological polar surface area (TPSA) is 48.9 Å². The number of thiophene rings is 1. The SMILES string of the molecule is CCc1cc2c(s1)Nc1ccc(F)cc1N=C2N1CCNC(CCc2ccc(OC)cc2)C1. The zero-order valence-electron chi connectivity index (χ0n) is 19.0. The Bertz CT molecular complexity index is 1160. The molecule has 0 spiro atoms. The van der Waals surface area contributed by atoms with Crippen LogP contribution in [0.5, 0.6) is 5.75 Å². The van der Waals surface area contributed by atoms with E-state index in [4.69, 9.17) is 9.73 Å². The van der Waals surface area contributed by atoms with E-state index in [1.54, 1.807) is 24.5 Å². The van der Waals surface area contributed by atoms with Gasteiger partial charge in [0, 0.05) is 36.6 Å². The van der Waals surface area contributed by atoms with Crippen molar-refractivity contribution in [1.29, 1.82) is 0 Å². The Balaban J connectivity index is 1.38. The van der Waals surface area contributed by atoms with Crippen LogP contribution in [0.25, 0.3) is 0 Å². The van der Waals surface area contributed by atoms with Crippen molar-refractivity contribution in [1.82, 2.24) is 10.2 Å². The third kappa shape index (κ3) is 4.75. The van der Waals surface area contributed by atoms with Gasteiger partial charge in [0.05, 0.1) is 24.0 Å². The van der Waals surface area contributed by atoms with Crippen molar-refractivity contribution in [3.05, 3.63) is 70.4 Å². The fourth-order valence-corrected chi connectivity index (χ4v) is 5.46. The van der Waals surface area contributed by atoms with Crippen LogP contribution < -0.4 is 15.4 Å². The summed E-state index contributed by atoms with van der Waals surface area (Å²) >= 11 is 1.76. The van der Waals surface area contributed by atoms with Crippen LogP contribution in [-0.4, -0.2) is 43.5 Å². The number of nitrogens with one attached hydrogen (secondary N) is 2. The number of amidine groups is 1. The van der Waals surface area contributed by atoms with Crippen molar-refractivity contribution < 1.29 is 9.13 Å². The molecule has 1 unspecified atom stereocenters. The first kappa shape index (κ1) is 21.9. The van der Waals surface area contributed by atoms with Crippen LogP contribution in [0.2, 0.25) is 0 Å². The Morgan fingerprint density at radius 1 is 1.18 bits per heavy atom. The van der Waals surface area contributed by atoms with Crippen molar-refractivity contribution in [2.45, 2.75) is 32.2 Å². The minimum atomic E-state index is -0.268. The van der Waals surface area contributed by atoms with Crippen LogP contribution in [0.1, 0.15) is 29.3 Å². The molecule has 1 atom stereocenters. The lowest BCUT2D eigenvalue weighted by atomic mass is 10.0. The molecule has 2 aliphatic heterocycles. The van der Waals surface area contributed by atoms with Crippen molar-refractivity contribution in [3.63, 3.8) is 0 Å². The summed E-state index contributed by atoms with van der Waals surface area (Å²) in [6.45, 7) is 4.82. The maximum atomic E-state index is 14.0. The number of aliphatic imine (C=N–C) groups is 1. The van der Waals surface area contributed by atoms with Gasteiger partial charge in [0.2, 0.25) is 0 Å². The molecule has 33 heavy (non-hydrogen) atoms. The summed E-state index contributed by atoms with van der Waals surface area (Å²) in [5.74, 6) is 1.56. The molecule has 0 saturated carbocycles. The summed E-state index contributed by atoms with van der Waals surface area (Å²) in [6.07, 6.45) is 3.02. The first-order chi connectivity index (χ1) is 16.1. The molecular formula is C26H29FN4OS. The Hall–Kier alpha value is -2.90. The molecule has 0 amide bonds. The van der Waals surface area contributed by atoms with Gasteiger partial charge in [0.25, 0.3) is 0 Å². The molecule has 1 aromatic heterocycles. The maximum absolute atomic E-state index is 14.0. The third-order valence-corrected chi connectivity index (χ3v) is 7.50. The van der Waals surface area contributed by atoms with E-state index in [1.165, 1.54) is 22.6 Å². The Kier molecular flexibility index (Phi) is 6.33. The van der Waals surface area contributed by atoms with Gasteiger partial charge in [-0.1, -0.05) is 19.1 Å². The molecule has 2 aromatic carbocycles. The number of nitrogens with zero attached hydrogens (tertiary/aromatic N) is 2. The molecular weight excluding hydrogens is 435 g/mol. The number of halogens is 1. The minimum Gasteiger partial charge on any atom is -0.497 e. The van der Waals surface area contributed by atoms with Crippen LogP contribution in [0.3, 0.4) is 0 Å². The van der Waals surface area contributed by atoms with Crippen LogP contribution in [-0.2, 0) is 12.8 Å². The molecule has 172 valence electrons. The second-order valence-electron chi connectivity index (χ2n) is 8.51. The quantitative estimate of drug-likeness (QED) is 0.524. The average Bonchev–Trinajstić information content (AvgIpc) is 3.19. The minimum absolute atomic E-state index is 0.268. The smallest absolute Gasteiger partial charge is 0.139 e. The third-order valence-electron chi connectivity index (χ3n) is 6.30. The zero-order valence-corrected chi connectivity index (χ0v) is 19.8. The highest BCUT2D eigenvalue weighted by atomic mass is 32.1. The number of aryl methyl sites for hydroxylation is 2. The first-order valence-electron chi connectivity index (χ1n) is 11.5. The number of hydrogen-bond donors (Lipinski definition) is 2. The number of hydrogen-bond acceptors (Lipinski definition) is 6. The molecule has 5 rings (SSSR count). The normalized spacial score (nSPS) is 17.5. The van der Waals surface area contributed by atoms with E-state index >= 15 is 0 Å². The van der Waals surface area contributed by atoms with E-state index in [9.17, 15) is 4.39 Å². The monoisotopic (exact) mass is 464 g/mol. The van der Waals surface area contributed by atoms with Crippen molar-refractivity contribution in [3.8, 4) is 5.75 Å². The fraction of sp³-hybridized carbons (Fsp3) is 0.346. The Morgan fingerprint density at radius 2 is 2.03 bits per heavy atom. The average molecular weight is 465 g/mol. The first-order valence-corrected chi connectivity index (χ1v) is 12.3. The van der Waals surface area contributed by atoms with Gasteiger partial charge in [-0.15, -0.1) is 11.3 Å². The number of rotatable bonds is 5. The van der Waals surface area contributed by atoms with Gasteiger partial charge >= 0.3 is 0 Å². The highest BCUT2D eigenvalue weighted by molar-refractivity contribution is 7.16. The second-order valence-corrected chi connectivity index (χ2v) is 9.65. The lowest BCUT2D eigenvalue weighted by Crippen LogP contribution is -2.52. The molecule has 0 radical (unpaired) electrons. The van der Waals surface area contributed by atoms with Gasteiger partial charge in [-0.25, -0.2) is 9.38 Å². The maximum Gasteiger partial charge on any atom is 0.139 e. The van der Waals surface area contributed by atoms with E-state index < -0.39 is 0 Å². The highest BCUT2D eigenvalue weighted by Crippen LogP contribution is 2.40.